The molecule has 0 bridgehead atoms. The largest absolute Gasteiger partial charge is 0.354 e. The minimum absolute atomic E-state index is 0.0545. The highest BCUT2D eigenvalue weighted by Crippen LogP contribution is 2.23. The van der Waals surface area contributed by atoms with Crippen molar-refractivity contribution in [1.29, 1.82) is 0 Å². The number of carbonyl (C=O) groups is 2. The van der Waals surface area contributed by atoms with E-state index in [2.05, 4.69) is 20.3 Å². The first-order chi connectivity index (χ1) is 14.9. The van der Waals surface area contributed by atoms with Crippen LogP contribution in [0.4, 0.5) is 0 Å². The predicted octanol–water partition coefficient (Wildman–Crippen LogP) is 2.24. The number of sulfonamides is 1. The minimum atomic E-state index is -3.65. The smallest absolute Gasteiger partial charge is 0.263 e. The molecule has 3 N–H and O–H groups in total. The number of nitrogens with one attached hydrogen (secondary N) is 3. The Bertz CT molecular complexity index is 923. The van der Waals surface area contributed by atoms with Gasteiger partial charge in [0, 0.05) is 24.6 Å². The fourth-order valence-electron chi connectivity index (χ4n) is 4.00. The quantitative estimate of drug-likeness (QED) is 0.537. The Hall–Kier alpha value is -2.42. The van der Waals surface area contributed by atoms with Crippen LogP contribution in [0.15, 0.2) is 34.2 Å². The zero-order valence-electron chi connectivity index (χ0n) is 18.0. The first-order valence-electron chi connectivity index (χ1n) is 11.2. The molecule has 1 aliphatic heterocycles. The van der Waals surface area contributed by atoms with E-state index in [-0.39, 0.29) is 41.6 Å². The van der Waals surface area contributed by atoms with Crippen molar-refractivity contribution in [3.8, 4) is 0 Å². The molecule has 1 unspecified atom stereocenters. The second-order valence-corrected chi connectivity index (χ2v) is 9.83. The summed E-state index contributed by atoms with van der Waals surface area (Å²) in [6.07, 6.45) is 7.95. The van der Waals surface area contributed by atoms with Gasteiger partial charge >= 0.3 is 0 Å². The molecule has 0 spiro atoms. The molecule has 0 aromatic heterocycles. The third kappa shape index (κ3) is 6.29. The number of amidine groups is 1. The van der Waals surface area contributed by atoms with Gasteiger partial charge in [-0.1, -0.05) is 51.2 Å². The molecule has 1 fully saturated rings. The Morgan fingerprint density at radius 2 is 1.94 bits per heavy atom. The van der Waals surface area contributed by atoms with Crippen molar-refractivity contribution < 1.29 is 18.0 Å². The fraction of sp³-hybridized carbons (Fsp3) is 0.591. The molecule has 3 rings (SSSR count). The molecule has 2 amide bonds. The van der Waals surface area contributed by atoms with Crippen LogP contribution in [-0.4, -0.2) is 44.7 Å². The van der Waals surface area contributed by atoms with Gasteiger partial charge in [-0.3, -0.25) is 19.3 Å². The van der Waals surface area contributed by atoms with Gasteiger partial charge in [0.15, 0.2) is 0 Å². The summed E-state index contributed by atoms with van der Waals surface area (Å²) in [7, 11) is -3.65. The summed E-state index contributed by atoms with van der Waals surface area (Å²) in [5, 5.41) is 5.83. The van der Waals surface area contributed by atoms with Crippen LogP contribution in [-0.2, 0) is 19.6 Å². The van der Waals surface area contributed by atoms with E-state index < -0.39 is 16.1 Å². The maximum absolute atomic E-state index is 12.8. The number of aliphatic imine (C=N–C) groups is 1. The van der Waals surface area contributed by atoms with Crippen molar-refractivity contribution in [2.24, 2.45) is 4.99 Å². The molecule has 1 aromatic carbocycles. The number of nitrogens with zero attached hydrogens (tertiary/aromatic N) is 1. The Labute approximate surface area is 184 Å². The molecular weight excluding hydrogens is 416 g/mol. The Balaban J connectivity index is 1.59. The van der Waals surface area contributed by atoms with Crippen molar-refractivity contribution in [3.63, 3.8) is 0 Å². The van der Waals surface area contributed by atoms with Crippen molar-refractivity contribution in [1.82, 2.24) is 15.4 Å². The first-order valence-corrected chi connectivity index (χ1v) is 12.7. The summed E-state index contributed by atoms with van der Waals surface area (Å²) in [6.45, 7) is 2.25. The number of benzene rings is 1. The number of amides is 2. The van der Waals surface area contributed by atoms with Gasteiger partial charge in [-0.05, 0) is 31.4 Å². The highest BCUT2D eigenvalue weighted by atomic mass is 32.2. The molecule has 2 aliphatic rings. The minimum Gasteiger partial charge on any atom is -0.354 e. The molecule has 0 radical (unpaired) electrons. The van der Waals surface area contributed by atoms with Gasteiger partial charge in [-0.15, -0.1) is 0 Å². The summed E-state index contributed by atoms with van der Waals surface area (Å²) in [5.74, 6) is -0.155. The molecule has 1 heterocycles. The Morgan fingerprint density at radius 1 is 1.19 bits per heavy atom. The third-order valence-electron chi connectivity index (χ3n) is 5.70. The number of fused-ring (bicyclic) bond motifs is 1. The van der Waals surface area contributed by atoms with Crippen LogP contribution in [0.1, 0.15) is 70.3 Å². The highest BCUT2D eigenvalue weighted by molar-refractivity contribution is 7.90. The van der Waals surface area contributed by atoms with Crippen LogP contribution < -0.4 is 15.4 Å². The van der Waals surface area contributed by atoms with Crippen LogP contribution in [0.2, 0.25) is 0 Å². The zero-order valence-corrected chi connectivity index (χ0v) is 18.8. The van der Waals surface area contributed by atoms with Gasteiger partial charge < -0.3 is 10.6 Å². The zero-order chi connectivity index (χ0) is 22.3. The lowest BCUT2D eigenvalue weighted by Crippen LogP contribution is -2.40. The van der Waals surface area contributed by atoms with E-state index in [1.165, 1.54) is 12.5 Å². The topological polar surface area (TPSA) is 117 Å². The molecule has 1 aromatic rings. The molecule has 1 aliphatic carbocycles. The lowest BCUT2D eigenvalue weighted by atomic mass is 9.95. The van der Waals surface area contributed by atoms with Crippen molar-refractivity contribution >= 4 is 27.7 Å². The predicted molar refractivity (Wildman–Crippen MR) is 119 cm³/mol. The van der Waals surface area contributed by atoms with Crippen molar-refractivity contribution in [3.05, 3.63) is 29.8 Å². The fourth-order valence-corrected chi connectivity index (χ4v) is 5.24. The van der Waals surface area contributed by atoms with E-state index in [0.717, 1.165) is 38.5 Å². The van der Waals surface area contributed by atoms with Crippen LogP contribution >= 0.6 is 0 Å². The molecule has 1 atom stereocenters. The summed E-state index contributed by atoms with van der Waals surface area (Å²) in [6, 6.07) is 6.12. The number of hydrogen-bond donors (Lipinski definition) is 3. The van der Waals surface area contributed by atoms with Crippen molar-refractivity contribution in [2.75, 3.05) is 6.54 Å². The second-order valence-electron chi connectivity index (χ2n) is 8.18. The average Bonchev–Trinajstić information content (AvgIpc) is 3.02. The summed E-state index contributed by atoms with van der Waals surface area (Å²) >= 11 is 0. The number of carbonyl (C=O) groups excluding carboxylic acids is 2. The van der Waals surface area contributed by atoms with Gasteiger partial charge in [0.2, 0.25) is 11.8 Å². The highest BCUT2D eigenvalue weighted by Gasteiger charge is 2.31. The molecule has 0 saturated heterocycles. The number of hydrogen-bond acceptors (Lipinski definition) is 5. The van der Waals surface area contributed by atoms with Crippen LogP contribution in [0.5, 0.6) is 0 Å². The van der Waals surface area contributed by atoms with E-state index in [0.29, 0.717) is 12.0 Å². The van der Waals surface area contributed by atoms with Crippen LogP contribution in [0.3, 0.4) is 0 Å². The van der Waals surface area contributed by atoms with Gasteiger partial charge in [-0.2, -0.15) is 0 Å². The van der Waals surface area contributed by atoms with E-state index in [4.69, 9.17) is 0 Å². The normalized spacial score (nSPS) is 20.0. The lowest BCUT2D eigenvalue weighted by Gasteiger charge is -2.22. The van der Waals surface area contributed by atoms with E-state index in [1.807, 2.05) is 6.92 Å². The maximum atomic E-state index is 12.8. The maximum Gasteiger partial charge on any atom is 0.263 e. The van der Waals surface area contributed by atoms with E-state index in [1.54, 1.807) is 18.2 Å². The standard InChI is InChI=1S/C22H32N4O4S/c1-2-3-12-18(25-21-17-11-7-8-13-19(17)31(29,30)26-21)22(28)23-15-14-20(27)24-16-9-5-4-6-10-16/h7-8,11,13,16,18H,2-6,9-10,12,14-15H2,1H3,(H,23,28)(H,24,27)(H,25,26). The summed E-state index contributed by atoms with van der Waals surface area (Å²) < 4.78 is 27.1. The van der Waals surface area contributed by atoms with E-state index >= 15 is 0 Å². The summed E-state index contributed by atoms with van der Waals surface area (Å²) in [4.78, 5) is 29.5. The summed E-state index contributed by atoms with van der Waals surface area (Å²) in [5.41, 5.74) is 0.476. The van der Waals surface area contributed by atoms with Crippen LogP contribution in [0.25, 0.3) is 0 Å². The molecule has 8 nitrogen and oxygen atoms in total. The molecular formula is C22H32N4O4S. The van der Waals surface area contributed by atoms with Gasteiger partial charge in [0.1, 0.15) is 11.9 Å². The monoisotopic (exact) mass is 448 g/mol. The number of unbranched alkanes of at least 4 members (excludes halogenated alkanes) is 1. The lowest BCUT2D eigenvalue weighted by molar-refractivity contribution is -0.123. The second kappa shape index (κ2) is 10.7. The van der Waals surface area contributed by atoms with Gasteiger partial charge in [0.25, 0.3) is 10.0 Å². The number of rotatable bonds is 9. The van der Waals surface area contributed by atoms with Crippen molar-refractivity contribution in [2.45, 2.75) is 81.7 Å². The first kappa shape index (κ1) is 23.2. The van der Waals surface area contributed by atoms with E-state index in [9.17, 15) is 18.0 Å². The molecule has 9 heteroatoms. The molecule has 170 valence electrons. The Morgan fingerprint density at radius 3 is 2.68 bits per heavy atom. The average molecular weight is 449 g/mol. The third-order valence-corrected chi connectivity index (χ3v) is 7.10. The Kier molecular flexibility index (Phi) is 8.06. The molecule has 1 saturated carbocycles. The SMILES string of the molecule is CCCCC(N=C1NS(=O)(=O)c2ccccc21)C(=O)NCCC(=O)NC1CCCCC1. The van der Waals surface area contributed by atoms with Gasteiger partial charge in [-0.25, -0.2) is 8.42 Å². The van der Waals surface area contributed by atoms with Crippen LogP contribution in [0, 0.1) is 0 Å². The molecule has 31 heavy (non-hydrogen) atoms. The van der Waals surface area contributed by atoms with Gasteiger partial charge in [0.05, 0.1) is 4.90 Å².